The van der Waals surface area contributed by atoms with Crippen molar-refractivity contribution in [1.29, 1.82) is 0 Å². The van der Waals surface area contributed by atoms with Crippen LogP contribution in [-0.4, -0.2) is 18.8 Å². The van der Waals surface area contributed by atoms with Crippen molar-refractivity contribution < 1.29 is 0 Å². The third kappa shape index (κ3) is 2.43. The van der Waals surface area contributed by atoms with E-state index in [1.54, 1.807) is 0 Å². The summed E-state index contributed by atoms with van der Waals surface area (Å²) in [5.41, 5.74) is 0. The Labute approximate surface area is 32.6 Å². The zero-order valence-corrected chi connectivity index (χ0v) is 4.71. The lowest BCUT2D eigenvalue weighted by Gasteiger charge is -1.65. The van der Waals surface area contributed by atoms with Crippen molar-refractivity contribution in [3.05, 3.63) is 0 Å². The van der Waals surface area contributed by atoms with E-state index in [9.17, 15) is 0 Å². The Balaban J connectivity index is 1.97. The van der Waals surface area contributed by atoms with E-state index in [0.717, 1.165) is 9.04 Å². The van der Waals surface area contributed by atoms with Crippen molar-refractivity contribution in [3.63, 3.8) is 0 Å². The van der Waals surface area contributed by atoms with Gasteiger partial charge in [0, 0.05) is 18.8 Å². The van der Waals surface area contributed by atoms with E-state index >= 15 is 0 Å². The monoisotopic (exact) mass is 85.0 g/mol. The molecule has 0 aromatic carbocycles. The predicted octanol–water partition coefficient (Wildman–Crippen LogP) is 0.212. The van der Waals surface area contributed by atoms with Crippen LogP contribution in [0.25, 0.3) is 0 Å². The molecule has 0 fully saturated rings. The molecule has 0 saturated carbocycles. The van der Waals surface area contributed by atoms with Crippen LogP contribution < -0.4 is 0 Å². The lowest BCUT2D eigenvalue weighted by Crippen LogP contribution is -1.78. The van der Waals surface area contributed by atoms with Gasteiger partial charge in [-0.1, -0.05) is 13.0 Å². The van der Waals surface area contributed by atoms with Gasteiger partial charge in [-0.15, -0.1) is 0 Å². The standard InChI is InChI=1S/C2H5Si2/c1-2-4-3/h2H2,1H3. The second-order valence-electron chi connectivity index (χ2n) is 0.530. The van der Waals surface area contributed by atoms with E-state index in [-0.39, 0.29) is 0 Å². The summed E-state index contributed by atoms with van der Waals surface area (Å²) in [6, 6.07) is 1.26. The van der Waals surface area contributed by atoms with Gasteiger partial charge in [0.25, 0.3) is 0 Å². The summed E-state index contributed by atoms with van der Waals surface area (Å²) in [5, 5.41) is 0. The minimum Gasteiger partial charge on any atom is -0.0684 e. The molecule has 2 heteroatoms. The molecule has 0 aliphatic carbocycles. The van der Waals surface area contributed by atoms with Gasteiger partial charge in [-0.2, -0.15) is 0 Å². The average molecular weight is 85.2 g/mol. The fourth-order valence-corrected chi connectivity index (χ4v) is 0. The molecule has 0 bridgehead atoms. The highest BCUT2D eigenvalue weighted by atomic mass is 29.1. The highest BCUT2D eigenvalue weighted by Gasteiger charge is 1.59. The first-order valence-corrected chi connectivity index (χ1v) is 4.02. The quantitative estimate of drug-likeness (QED) is 0.399. The fourth-order valence-electron chi connectivity index (χ4n) is 0. The molecule has 0 spiro atoms. The van der Waals surface area contributed by atoms with Gasteiger partial charge in [0.15, 0.2) is 0 Å². The van der Waals surface area contributed by atoms with Gasteiger partial charge in [-0.05, 0) is 0 Å². The normalized spacial score (nSPS) is 7.50. The zero-order valence-electron chi connectivity index (χ0n) is 2.71. The van der Waals surface area contributed by atoms with Crippen LogP contribution in [0.5, 0.6) is 0 Å². The molecule has 0 heterocycles. The number of hydrogen-bond donors (Lipinski definition) is 0. The molecule has 0 unspecified atom stereocenters. The summed E-state index contributed by atoms with van der Waals surface area (Å²) in [7, 11) is 4.26. The van der Waals surface area contributed by atoms with Crippen LogP contribution in [-0.2, 0) is 0 Å². The van der Waals surface area contributed by atoms with E-state index in [1.807, 2.05) is 0 Å². The first-order valence-electron chi connectivity index (χ1n) is 1.31. The summed E-state index contributed by atoms with van der Waals surface area (Å²) in [5.74, 6) is 0. The zero-order chi connectivity index (χ0) is 3.41. The van der Waals surface area contributed by atoms with Crippen molar-refractivity contribution in [1.82, 2.24) is 0 Å². The summed E-state index contributed by atoms with van der Waals surface area (Å²) in [6.07, 6.45) is 0. The Morgan fingerprint density at radius 3 is 2.25 bits per heavy atom. The lowest BCUT2D eigenvalue weighted by molar-refractivity contribution is 1.47. The Hall–Kier alpha value is 0.434. The van der Waals surface area contributed by atoms with Crippen LogP contribution in [0.4, 0.5) is 0 Å². The molecule has 0 aliphatic rings. The smallest absolute Gasteiger partial charge is 0.0177 e. The molecular formula is C2H5Si2. The molecule has 0 N–H and O–H groups in total. The molecule has 0 aromatic heterocycles. The molecule has 0 nitrogen and oxygen atoms in total. The fraction of sp³-hybridized carbons (Fsp3) is 1.00. The van der Waals surface area contributed by atoms with Gasteiger partial charge in [0.05, 0.1) is 0 Å². The van der Waals surface area contributed by atoms with Crippen LogP contribution in [0.3, 0.4) is 0 Å². The van der Waals surface area contributed by atoms with E-state index in [2.05, 4.69) is 16.7 Å². The largest absolute Gasteiger partial charge is 0.0684 e. The van der Waals surface area contributed by atoms with Crippen molar-refractivity contribution in [3.8, 4) is 0 Å². The predicted molar refractivity (Wildman–Crippen MR) is 22.0 cm³/mol. The summed E-state index contributed by atoms with van der Waals surface area (Å²) in [6.45, 7) is 2.14. The maximum absolute atomic E-state index is 3.32. The molecule has 5 radical (unpaired) electrons. The highest BCUT2D eigenvalue weighted by molar-refractivity contribution is 6.89. The van der Waals surface area contributed by atoms with Crippen LogP contribution in [0.2, 0.25) is 6.04 Å². The Bertz CT molecular complexity index is 6.00. The lowest BCUT2D eigenvalue weighted by atomic mass is 11.0. The van der Waals surface area contributed by atoms with Crippen molar-refractivity contribution in [2.75, 3.05) is 0 Å². The van der Waals surface area contributed by atoms with Crippen LogP contribution >= 0.6 is 0 Å². The first kappa shape index (κ1) is 4.43. The molecule has 4 heavy (non-hydrogen) atoms. The summed E-state index contributed by atoms with van der Waals surface area (Å²) < 4.78 is 0. The van der Waals surface area contributed by atoms with Gasteiger partial charge >= 0.3 is 0 Å². The maximum atomic E-state index is 3.32. The Morgan fingerprint density at radius 2 is 2.25 bits per heavy atom. The number of hydrogen-bond acceptors (Lipinski definition) is 0. The van der Waals surface area contributed by atoms with Gasteiger partial charge < -0.3 is 0 Å². The van der Waals surface area contributed by atoms with E-state index in [0.29, 0.717) is 0 Å². The van der Waals surface area contributed by atoms with Gasteiger partial charge in [-0.3, -0.25) is 0 Å². The van der Waals surface area contributed by atoms with Crippen LogP contribution in [0, 0.1) is 0 Å². The maximum Gasteiger partial charge on any atom is 0.0177 e. The van der Waals surface area contributed by atoms with E-state index in [4.69, 9.17) is 0 Å². The van der Waals surface area contributed by atoms with Crippen molar-refractivity contribution >= 4 is 18.8 Å². The molecular weight excluding hydrogens is 80.2 g/mol. The second-order valence-corrected chi connectivity index (χ2v) is 2.65. The average Bonchev–Trinajstić information content (AvgIpc) is 1.37. The summed E-state index contributed by atoms with van der Waals surface area (Å²) in [4.78, 5) is 0. The molecule has 0 atom stereocenters. The SMILES string of the molecule is CC[Si][Si]. The molecule has 0 aromatic rings. The van der Waals surface area contributed by atoms with Gasteiger partial charge in [0.2, 0.25) is 0 Å². The van der Waals surface area contributed by atoms with Crippen LogP contribution in [0.1, 0.15) is 6.92 Å². The third-order valence-electron chi connectivity index (χ3n) is 0.177. The number of rotatable bonds is 1. The molecule has 0 aliphatic heterocycles. The van der Waals surface area contributed by atoms with E-state index < -0.39 is 0 Å². The highest BCUT2D eigenvalue weighted by Crippen LogP contribution is 1.59. The van der Waals surface area contributed by atoms with Crippen molar-refractivity contribution in [2.45, 2.75) is 13.0 Å². The third-order valence-corrected chi connectivity index (χ3v) is 1.59. The second kappa shape index (κ2) is 3.43. The van der Waals surface area contributed by atoms with Gasteiger partial charge in [0.1, 0.15) is 0 Å². The summed E-state index contributed by atoms with van der Waals surface area (Å²) >= 11 is 0. The molecule has 0 amide bonds. The minimum atomic E-state index is 0.946. The van der Waals surface area contributed by atoms with E-state index in [1.165, 1.54) is 6.04 Å². The molecule has 0 saturated heterocycles. The first-order chi connectivity index (χ1) is 1.91. The Kier molecular flexibility index (Phi) is 3.81. The van der Waals surface area contributed by atoms with Crippen molar-refractivity contribution in [2.24, 2.45) is 0 Å². The van der Waals surface area contributed by atoms with Gasteiger partial charge in [-0.25, -0.2) is 0 Å². The van der Waals surface area contributed by atoms with Crippen LogP contribution in [0.15, 0.2) is 0 Å². The molecule has 0 rings (SSSR count). The Morgan fingerprint density at radius 1 is 2.00 bits per heavy atom. The molecule has 21 valence electrons. The minimum absolute atomic E-state index is 0.946. The topological polar surface area (TPSA) is 0 Å².